The second-order valence-electron chi connectivity index (χ2n) is 3.50. The molecule has 1 atom stereocenters. The summed E-state index contributed by atoms with van der Waals surface area (Å²) in [6, 6.07) is 0. The highest BCUT2D eigenvalue weighted by Gasteiger charge is 2.22. The van der Waals surface area contributed by atoms with E-state index in [4.69, 9.17) is 0 Å². The van der Waals surface area contributed by atoms with Gasteiger partial charge in [-0.05, 0) is 38.1 Å². The van der Waals surface area contributed by atoms with Crippen molar-refractivity contribution >= 4 is 17.7 Å². The van der Waals surface area contributed by atoms with Crippen LogP contribution in [0.4, 0.5) is 0 Å². The molecule has 0 aromatic heterocycles. The van der Waals surface area contributed by atoms with Crippen LogP contribution in [0.1, 0.15) is 26.2 Å². The molecule has 1 rings (SSSR count). The first-order valence-electron chi connectivity index (χ1n) is 5.44. The molecular formula is C10H20N2OS. The van der Waals surface area contributed by atoms with Gasteiger partial charge in [-0.1, -0.05) is 6.92 Å². The van der Waals surface area contributed by atoms with E-state index in [1.54, 1.807) is 11.8 Å². The first kappa shape index (κ1) is 11.9. The minimum absolute atomic E-state index is 0.231. The third-order valence-electron chi connectivity index (χ3n) is 2.30. The van der Waals surface area contributed by atoms with Gasteiger partial charge < -0.3 is 10.6 Å². The summed E-state index contributed by atoms with van der Waals surface area (Å²) in [6.45, 7) is 4.90. The maximum atomic E-state index is 11.5. The zero-order chi connectivity index (χ0) is 10.2. The van der Waals surface area contributed by atoms with E-state index in [0.717, 1.165) is 38.2 Å². The van der Waals surface area contributed by atoms with Gasteiger partial charge in [0.2, 0.25) is 5.91 Å². The standard InChI is InChI=1S/C10H20N2OS/c1-2-11-6-4-7-12-10(13)9-5-3-8-14-9/h9,11H,2-8H2,1H3,(H,12,13). The number of carbonyl (C=O) groups excluding carboxylic acids is 1. The Bertz CT molecular complexity index is 170. The van der Waals surface area contributed by atoms with Gasteiger partial charge in [0.1, 0.15) is 0 Å². The van der Waals surface area contributed by atoms with Crippen molar-refractivity contribution in [3.8, 4) is 0 Å². The van der Waals surface area contributed by atoms with Gasteiger partial charge in [-0.3, -0.25) is 4.79 Å². The molecule has 1 unspecified atom stereocenters. The lowest BCUT2D eigenvalue weighted by molar-refractivity contribution is -0.120. The summed E-state index contributed by atoms with van der Waals surface area (Å²) < 4.78 is 0. The molecule has 0 aromatic carbocycles. The largest absolute Gasteiger partial charge is 0.355 e. The monoisotopic (exact) mass is 216 g/mol. The van der Waals surface area contributed by atoms with E-state index in [1.807, 2.05) is 0 Å². The Morgan fingerprint density at radius 2 is 2.36 bits per heavy atom. The molecule has 14 heavy (non-hydrogen) atoms. The van der Waals surface area contributed by atoms with Crippen LogP contribution in [-0.4, -0.2) is 36.5 Å². The lowest BCUT2D eigenvalue weighted by Gasteiger charge is -2.09. The molecule has 0 aliphatic carbocycles. The van der Waals surface area contributed by atoms with Gasteiger partial charge in [0.25, 0.3) is 0 Å². The topological polar surface area (TPSA) is 41.1 Å². The van der Waals surface area contributed by atoms with Gasteiger partial charge in [-0.25, -0.2) is 0 Å². The van der Waals surface area contributed by atoms with Gasteiger partial charge in [0, 0.05) is 6.54 Å². The Kier molecular flexibility index (Phi) is 6.03. The third-order valence-corrected chi connectivity index (χ3v) is 3.68. The van der Waals surface area contributed by atoms with Crippen molar-refractivity contribution in [2.75, 3.05) is 25.4 Å². The molecule has 1 aliphatic heterocycles. The van der Waals surface area contributed by atoms with E-state index in [1.165, 1.54) is 6.42 Å². The highest BCUT2D eigenvalue weighted by atomic mass is 32.2. The summed E-state index contributed by atoms with van der Waals surface area (Å²) in [5.74, 6) is 1.39. The number of carbonyl (C=O) groups is 1. The molecule has 3 nitrogen and oxygen atoms in total. The average Bonchev–Trinajstić information content (AvgIpc) is 2.70. The Hall–Kier alpha value is -0.220. The van der Waals surface area contributed by atoms with Crippen molar-refractivity contribution in [2.24, 2.45) is 0 Å². The molecule has 1 fully saturated rings. The van der Waals surface area contributed by atoms with Crippen LogP contribution < -0.4 is 10.6 Å². The quantitative estimate of drug-likeness (QED) is 0.651. The van der Waals surface area contributed by atoms with Crippen LogP contribution in [0.25, 0.3) is 0 Å². The summed E-state index contributed by atoms with van der Waals surface area (Å²) >= 11 is 1.79. The maximum absolute atomic E-state index is 11.5. The highest BCUT2D eigenvalue weighted by Crippen LogP contribution is 2.25. The van der Waals surface area contributed by atoms with Gasteiger partial charge in [-0.15, -0.1) is 11.8 Å². The molecule has 82 valence electrons. The molecular weight excluding hydrogens is 196 g/mol. The zero-order valence-corrected chi connectivity index (χ0v) is 9.66. The van der Waals surface area contributed by atoms with Crippen LogP contribution in [0.3, 0.4) is 0 Å². The normalized spacial score (nSPS) is 21.1. The predicted octanol–water partition coefficient (Wildman–Crippen LogP) is 0.998. The fourth-order valence-electron chi connectivity index (χ4n) is 1.50. The summed E-state index contributed by atoms with van der Waals surface area (Å²) in [5.41, 5.74) is 0. The van der Waals surface area contributed by atoms with Crippen molar-refractivity contribution in [3.05, 3.63) is 0 Å². The molecule has 0 spiro atoms. The summed E-state index contributed by atoms with van der Waals surface area (Å²) in [7, 11) is 0. The number of hydrogen-bond acceptors (Lipinski definition) is 3. The first-order chi connectivity index (χ1) is 6.84. The molecule has 1 saturated heterocycles. The Balaban J connectivity index is 1.97. The van der Waals surface area contributed by atoms with Crippen molar-refractivity contribution in [1.82, 2.24) is 10.6 Å². The molecule has 1 heterocycles. The molecule has 1 aliphatic rings. The molecule has 2 N–H and O–H groups in total. The first-order valence-corrected chi connectivity index (χ1v) is 6.49. The Morgan fingerprint density at radius 1 is 1.50 bits per heavy atom. The number of rotatable bonds is 6. The average molecular weight is 216 g/mol. The minimum atomic E-state index is 0.231. The van der Waals surface area contributed by atoms with Gasteiger partial charge in [-0.2, -0.15) is 0 Å². The van der Waals surface area contributed by atoms with E-state index in [0.29, 0.717) is 0 Å². The number of nitrogens with one attached hydrogen (secondary N) is 2. The van der Waals surface area contributed by atoms with Crippen molar-refractivity contribution < 1.29 is 4.79 Å². The van der Waals surface area contributed by atoms with Gasteiger partial charge in [0.05, 0.1) is 5.25 Å². The van der Waals surface area contributed by atoms with Crippen LogP contribution in [0.2, 0.25) is 0 Å². The van der Waals surface area contributed by atoms with E-state index in [9.17, 15) is 4.79 Å². The molecule has 0 saturated carbocycles. The van der Waals surface area contributed by atoms with E-state index < -0.39 is 0 Å². The smallest absolute Gasteiger partial charge is 0.233 e. The van der Waals surface area contributed by atoms with Crippen molar-refractivity contribution in [2.45, 2.75) is 31.4 Å². The molecule has 0 radical (unpaired) electrons. The third kappa shape index (κ3) is 4.33. The fourth-order valence-corrected chi connectivity index (χ4v) is 2.69. The highest BCUT2D eigenvalue weighted by molar-refractivity contribution is 8.00. The second-order valence-corrected chi connectivity index (χ2v) is 4.81. The Labute approximate surface area is 90.4 Å². The van der Waals surface area contributed by atoms with Crippen LogP contribution in [0.5, 0.6) is 0 Å². The maximum Gasteiger partial charge on any atom is 0.233 e. The zero-order valence-electron chi connectivity index (χ0n) is 8.84. The Morgan fingerprint density at radius 3 is 3.00 bits per heavy atom. The summed E-state index contributed by atoms with van der Waals surface area (Å²) in [4.78, 5) is 11.5. The minimum Gasteiger partial charge on any atom is -0.355 e. The lowest BCUT2D eigenvalue weighted by Crippen LogP contribution is -2.33. The van der Waals surface area contributed by atoms with Crippen molar-refractivity contribution in [1.29, 1.82) is 0 Å². The molecule has 1 amide bonds. The van der Waals surface area contributed by atoms with Crippen LogP contribution >= 0.6 is 11.8 Å². The second kappa shape index (κ2) is 7.12. The summed E-state index contributed by atoms with van der Waals surface area (Å²) in [6.07, 6.45) is 3.28. The van der Waals surface area contributed by atoms with E-state index in [-0.39, 0.29) is 11.2 Å². The lowest BCUT2D eigenvalue weighted by atomic mass is 10.2. The van der Waals surface area contributed by atoms with Crippen LogP contribution in [-0.2, 0) is 4.79 Å². The van der Waals surface area contributed by atoms with Crippen LogP contribution in [0.15, 0.2) is 0 Å². The van der Waals surface area contributed by atoms with Gasteiger partial charge >= 0.3 is 0 Å². The van der Waals surface area contributed by atoms with Crippen LogP contribution in [0, 0.1) is 0 Å². The SMILES string of the molecule is CCNCCCNC(=O)C1CCCS1. The number of thioether (sulfide) groups is 1. The number of hydrogen-bond donors (Lipinski definition) is 2. The van der Waals surface area contributed by atoms with Gasteiger partial charge in [0.15, 0.2) is 0 Å². The fraction of sp³-hybridized carbons (Fsp3) is 0.900. The summed E-state index contributed by atoms with van der Waals surface area (Å²) in [5, 5.41) is 6.45. The number of amides is 1. The van der Waals surface area contributed by atoms with E-state index in [2.05, 4.69) is 17.6 Å². The molecule has 0 aromatic rings. The predicted molar refractivity (Wildman–Crippen MR) is 61.7 cm³/mol. The van der Waals surface area contributed by atoms with Crippen molar-refractivity contribution in [3.63, 3.8) is 0 Å². The molecule has 0 bridgehead atoms. The van der Waals surface area contributed by atoms with E-state index >= 15 is 0 Å². The molecule has 4 heteroatoms.